The number of nitrogens with two attached hydrogens (primary N) is 1. The molecule has 2 aromatic rings. The summed E-state index contributed by atoms with van der Waals surface area (Å²) in [4.78, 5) is 10.9. The van der Waals surface area contributed by atoms with Crippen LogP contribution in [0, 0.1) is 13.8 Å². The smallest absolute Gasteiger partial charge is 0.171 e. The van der Waals surface area contributed by atoms with Gasteiger partial charge in [-0.15, -0.1) is 11.3 Å². The van der Waals surface area contributed by atoms with E-state index in [0.29, 0.717) is 5.82 Å². The minimum Gasteiger partial charge on any atom is -0.384 e. The van der Waals surface area contributed by atoms with Crippen LogP contribution in [0.2, 0.25) is 0 Å². The lowest BCUT2D eigenvalue weighted by Crippen LogP contribution is -1.96. The molecule has 3 nitrogen and oxygen atoms in total. The Labute approximate surface area is 86.6 Å². The Hall–Kier alpha value is -1.42. The number of aryl methyl sites for hydroxylation is 2. The van der Waals surface area contributed by atoms with Crippen LogP contribution in [0.5, 0.6) is 0 Å². The van der Waals surface area contributed by atoms with Crippen LogP contribution in [0.15, 0.2) is 18.2 Å². The van der Waals surface area contributed by atoms with Crippen molar-refractivity contribution in [1.29, 1.82) is 0 Å². The summed E-state index contributed by atoms with van der Waals surface area (Å²) in [6.45, 7) is 3.98. The number of hydrogen-bond acceptors (Lipinski definition) is 4. The summed E-state index contributed by atoms with van der Waals surface area (Å²) >= 11 is 1.68. The van der Waals surface area contributed by atoms with Gasteiger partial charge in [-0.1, -0.05) is 0 Å². The number of thiophene rings is 1. The van der Waals surface area contributed by atoms with Crippen molar-refractivity contribution in [3.8, 4) is 10.7 Å². The highest BCUT2D eigenvalue weighted by Crippen LogP contribution is 2.25. The zero-order valence-electron chi connectivity index (χ0n) is 8.11. The van der Waals surface area contributed by atoms with Gasteiger partial charge in [0.05, 0.1) is 4.88 Å². The SMILES string of the molecule is Cc1cc(N)nc(-c2ccc(C)s2)n1. The van der Waals surface area contributed by atoms with Crippen LogP contribution in [-0.2, 0) is 0 Å². The van der Waals surface area contributed by atoms with Gasteiger partial charge in [0, 0.05) is 16.6 Å². The molecule has 2 heterocycles. The monoisotopic (exact) mass is 205 g/mol. The van der Waals surface area contributed by atoms with Gasteiger partial charge in [-0.3, -0.25) is 0 Å². The van der Waals surface area contributed by atoms with Gasteiger partial charge in [-0.2, -0.15) is 0 Å². The molecule has 0 atom stereocenters. The van der Waals surface area contributed by atoms with E-state index in [1.807, 2.05) is 13.0 Å². The van der Waals surface area contributed by atoms with Crippen LogP contribution in [0.4, 0.5) is 5.82 Å². The van der Waals surface area contributed by atoms with E-state index in [1.165, 1.54) is 4.88 Å². The van der Waals surface area contributed by atoms with Crippen LogP contribution in [0.1, 0.15) is 10.6 Å². The molecule has 0 amide bonds. The Balaban J connectivity index is 2.51. The molecular weight excluding hydrogens is 194 g/mol. The van der Waals surface area contributed by atoms with Crippen molar-refractivity contribution in [3.63, 3.8) is 0 Å². The summed E-state index contributed by atoms with van der Waals surface area (Å²) in [6.07, 6.45) is 0. The fraction of sp³-hybridized carbons (Fsp3) is 0.200. The molecule has 0 fully saturated rings. The highest BCUT2D eigenvalue weighted by Gasteiger charge is 2.05. The van der Waals surface area contributed by atoms with Crippen LogP contribution in [0.3, 0.4) is 0 Å². The average molecular weight is 205 g/mol. The van der Waals surface area contributed by atoms with Crippen molar-refractivity contribution in [1.82, 2.24) is 9.97 Å². The minimum atomic E-state index is 0.526. The van der Waals surface area contributed by atoms with E-state index < -0.39 is 0 Å². The molecule has 0 aliphatic carbocycles. The predicted molar refractivity (Wildman–Crippen MR) is 59.2 cm³/mol. The van der Waals surface area contributed by atoms with Crippen LogP contribution in [-0.4, -0.2) is 9.97 Å². The van der Waals surface area contributed by atoms with Gasteiger partial charge in [0.15, 0.2) is 5.82 Å². The molecule has 0 unspecified atom stereocenters. The largest absolute Gasteiger partial charge is 0.384 e. The van der Waals surface area contributed by atoms with Crippen molar-refractivity contribution in [2.75, 3.05) is 5.73 Å². The van der Waals surface area contributed by atoms with Crippen molar-refractivity contribution in [2.45, 2.75) is 13.8 Å². The molecule has 2 rings (SSSR count). The van der Waals surface area contributed by atoms with E-state index in [4.69, 9.17) is 5.73 Å². The van der Waals surface area contributed by atoms with Gasteiger partial charge < -0.3 is 5.73 Å². The lowest BCUT2D eigenvalue weighted by atomic mass is 10.3. The maximum Gasteiger partial charge on any atom is 0.171 e. The highest BCUT2D eigenvalue weighted by atomic mass is 32.1. The summed E-state index contributed by atoms with van der Waals surface area (Å²) in [6, 6.07) is 5.85. The third-order valence-corrected chi connectivity index (χ3v) is 2.83. The van der Waals surface area contributed by atoms with Crippen LogP contribution >= 0.6 is 11.3 Å². The summed E-state index contributed by atoms with van der Waals surface area (Å²) in [5.41, 5.74) is 6.56. The fourth-order valence-electron chi connectivity index (χ4n) is 1.26. The Morgan fingerprint density at radius 3 is 2.57 bits per heavy atom. The zero-order valence-corrected chi connectivity index (χ0v) is 8.93. The van der Waals surface area contributed by atoms with E-state index in [0.717, 1.165) is 16.4 Å². The predicted octanol–water partition coefficient (Wildman–Crippen LogP) is 2.40. The maximum atomic E-state index is 5.66. The summed E-state index contributed by atoms with van der Waals surface area (Å²) in [5.74, 6) is 1.25. The Morgan fingerprint density at radius 1 is 1.21 bits per heavy atom. The lowest BCUT2D eigenvalue weighted by Gasteiger charge is -1.99. The van der Waals surface area contributed by atoms with E-state index in [2.05, 4.69) is 23.0 Å². The number of aromatic nitrogens is 2. The molecular formula is C10H11N3S. The second-order valence-corrected chi connectivity index (χ2v) is 4.46. The molecule has 0 aliphatic heterocycles. The first-order chi connectivity index (χ1) is 6.65. The average Bonchev–Trinajstić information content (AvgIpc) is 2.50. The topological polar surface area (TPSA) is 51.8 Å². The lowest BCUT2D eigenvalue weighted by molar-refractivity contribution is 1.13. The minimum absolute atomic E-state index is 0.526. The van der Waals surface area contributed by atoms with Gasteiger partial charge in [0.2, 0.25) is 0 Å². The molecule has 72 valence electrons. The van der Waals surface area contributed by atoms with E-state index in [9.17, 15) is 0 Å². The number of rotatable bonds is 1. The number of anilines is 1. The first kappa shape index (κ1) is 9.15. The maximum absolute atomic E-state index is 5.66. The number of hydrogen-bond donors (Lipinski definition) is 1. The quantitative estimate of drug-likeness (QED) is 0.777. The van der Waals surface area contributed by atoms with Crippen molar-refractivity contribution >= 4 is 17.2 Å². The molecule has 2 N–H and O–H groups in total. The van der Waals surface area contributed by atoms with Crippen LogP contribution < -0.4 is 5.73 Å². The van der Waals surface area contributed by atoms with Gasteiger partial charge in [-0.25, -0.2) is 9.97 Å². The number of nitrogen functional groups attached to an aromatic ring is 1. The van der Waals surface area contributed by atoms with Gasteiger partial charge in [-0.05, 0) is 26.0 Å². The molecule has 0 saturated carbocycles. The summed E-state index contributed by atoms with van der Waals surface area (Å²) in [7, 11) is 0. The van der Waals surface area contributed by atoms with Crippen molar-refractivity contribution < 1.29 is 0 Å². The molecule has 0 bridgehead atoms. The van der Waals surface area contributed by atoms with Crippen molar-refractivity contribution in [2.24, 2.45) is 0 Å². The Kier molecular flexibility index (Phi) is 2.21. The second-order valence-electron chi connectivity index (χ2n) is 3.17. The van der Waals surface area contributed by atoms with Gasteiger partial charge in [0.25, 0.3) is 0 Å². The zero-order chi connectivity index (χ0) is 10.1. The third kappa shape index (κ3) is 1.75. The van der Waals surface area contributed by atoms with E-state index >= 15 is 0 Å². The summed E-state index contributed by atoms with van der Waals surface area (Å²) in [5, 5.41) is 0. The van der Waals surface area contributed by atoms with Gasteiger partial charge in [0.1, 0.15) is 5.82 Å². The highest BCUT2D eigenvalue weighted by molar-refractivity contribution is 7.15. The first-order valence-electron chi connectivity index (χ1n) is 4.33. The molecule has 14 heavy (non-hydrogen) atoms. The van der Waals surface area contributed by atoms with E-state index in [1.54, 1.807) is 17.4 Å². The molecule has 0 aliphatic rings. The molecule has 4 heteroatoms. The normalized spacial score (nSPS) is 10.4. The number of nitrogens with zero attached hydrogens (tertiary/aromatic N) is 2. The Morgan fingerprint density at radius 2 is 2.00 bits per heavy atom. The molecule has 0 aromatic carbocycles. The van der Waals surface area contributed by atoms with Gasteiger partial charge >= 0.3 is 0 Å². The van der Waals surface area contributed by atoms with Crippen LogP contribution in [0.25, 0.3) is 10.7 Å². The Bertz CT molecular complexity index is 442. The third-order valence-electron chi connectivity index (χ3n) is 1.83. The fourth-order valence-corrected chi connectivity index (χ4v) is 2.06. The second kappa shape index (κ2) is 3.38. The molecule has 0 saturated heterocycles. The molecule has 0 radical (unpaired) electrons. The standard InChI is InChI=1S/C10H11N3S/c1-6-5-9(11)13-10(12-6)8-4-3-7(2)14-8/h3-5H,1-2H3,(H2,11,12,13). The summed E-state index contributed by atoms with van der Waals surface area (Å²) < 4.78 is 0. The van der Waals surface area contributed by atoms with E-state index in [-0.39, 0.29) is 0 Å². The molecule has 2 aromatic heterocycles. The van der Waals surface area contributed by atoms with Crippen molar-refractivity contribution in [3.05, 3.63) is 28.8 Å². The first-order valence-corrected chi connectivity index (χ1v) is 5.15. The molecule has 0 spiro atoms.